The largest absolute Gasteiger partial charge is 0.465 e. The lowest BCUT2D eigenvalue weighted by Gasteiger charge is -2.39. The summed E-state index contributed by atoms with van der Waals surface area (Å²) in [4.78, 5) is 50.5. The van der Waals surface area contributed by atoms with Crippen molar-refractivity contribution < 1.29 is 23.9 Å². The first-order valence-corrected chi connectivity index (χ1v) is 24.8. The van der Waals surface area contributed by atoms with Gasteiger partial charge in [-0.3, -0.25) is 19.2 Å². The summed E-state index contributed by atoms with van der Waals surface area (Å²) in [5.41, 5.74) is -0.101. The predicted octanol–water partition coefficient (Wildman–Crippen LogP) is 12.8. The molecule has 1 N–H and O–H groups in total. The highest BCUT2D eigenvalue weighted by Gasteiger charge is 2.41. The van der Waals surface area contributed by atoms with Crippen LogP contribution >= 0.6 is 23.5 Å². The zero-order valence-corrected chi connectivity index (χ0v) is 40.6. The molecule has 0 aromatic rings. The summed E-state index contributed by atoms with van der Waals surface area (Å²) in [5, 5.41) is 3.47. The number of allylic oxidation sites excluding steroid dienone is 4. The van der Waals surface area contributed by atoms with Crippen LogP contribution in [0.4, 0.5) is 0 Å². The van der Waals surface area contributed by atoms with E-state index in [9.17, 15) is 19.2 Å². The molecule has 0 radical (unpaired) electrons. The molecule has 0 heterocycles. The van der Waals surface area contributed by atoms with E-state index in [4.69, 9.17) is 4.74 Å². The first-order valence-electron chi connectivity index (χ1n) is 22.7. The van der Waals surface area contributed by atoms with Gasteiger partial charge in [-0.2, -0.15) is 23.5 Å². The molecule has 2 aliphatic carbocycles. The molecule has 0 bridgehead atoms. The van der Waals surface area contributed by atoms with Gasteiger partial charge in [0.2, 0.25) is 0 Å². The highest BCUT2D eigenvalue weighted by atomic mass is 32.2. The number of hydrogen-bond acceptors (Lipinski definition) is 8. The third-order valence-electron chi connectivity index (χ3n) is 11.9. The van der Waals surface area contributed by atoms with Gasteiger partial charge < -0.3 is 10.1 Å². The molecule has 6 unspecified atom stereocenters. The van der Waals surface area contributed by atoms with Crippen LogP contribution in [0.25, 0.3) is 0 Å². The minimum Gasteiger partial charge on any atom is -0.465 e. The van der Waals surface area contributed by atoms with Crippen molar-refractivity contribution in [2.45, 2.75) is 208 Å². The lowest BCUT2D eigenvalue weighted by Crippen LogP contribution is -2.47. The van der Waals surface area contributed by atoms with E-state index in [-0.39, 0.29) is 62.3 Å². The minimum atomic E-state index is -0.519. The molecular formula is C49H87NO5S2. The maximum Gasteiger partial charge on any atom is 0.323 e. The highest BCUT2D eigenvalue weighted by Crippen LogP contribution is 2.43. The molecular weight excluding hydrogens is 747 g/mol. The van der Waals surface area contributed by atoms with Gasteiger partial charge in [-0.1, -0.05) is 151 Å². The lowest BCUT2D eigenvalue weighted by atomic mass is 9.64. The Morgan fingerprint density at radius 2 is 1.25 bits per heavy atom. The Bertz CT molecular complexity index is 1260. The van der Waals surface area contributed by atoms with E-state index in [1.54, 1.807) is 25.6 Å². The Labute approximate surface area is 359 Å². The second-order valence-corrected chi connectivity index (χ2v) is 22.7. The number of Topliss-reactive ketones (excluding diaryl/α,β-unsaturated/α-hetero) is 3. The van der Waals surface area contributed by atoms with Gasteiger partial charge in [0.1, 0.15) is 23.4 Å². The zero-order valence-electron chi connectivity index (χ0n) is 38.9. The van der Waals surface area contributed by atoms with Crippen molar-refractivity contribution in [3.8, 4) is 0 Å². The van der Waals surface area contributed by atoms with Gasteiger partial charge in [0.25, 0.3) is 0 Å². The molecule has 0 spiro atoms. The summed E-state index contributed by atoms with van der Waals surface area (Å²) in [7, 11) is 0. The van der Waals surface area contributed by atoms with Gasteiger partial charge in [0.05, 0.1) is 6.61 Å². The second kappa shape index (κ2) is 27.5. The summed E-state index contributed by atoms with van der Waals surface area (Å²) >= 11 is 3.59. The van der Waals surface area contributed by atoms with E-state index < -0.39 is 6.04 Å². The third kappa shape index (κ3) is 21.6. The number of carbonyl (C=O) groups is 4. The van der Waals surface area contributed by atoms with Gasteiger partial charge in [-0.05, 0) is 68.5 Å². The van der Waals surface area contributed by atoms with Crippen LogP contribution in [0, 0.1) is 34.5 Å². The average molecular weight is 834 g/mol. The Hall–Kier alpha value is -1.38. The fraction of sp³-hybridized carbons (Fsp3) is 0.837. The maximum absolute atomic E-state index is 13.3. The fourth-order valence-corrected chi connectivity index (χ4v) is 11.3. The van der Waals surface area contributed by atoms with Crippen LogP contribution in [-0.2, 0) is 23.9 Å². The molecule has 6 nitrogen and oxygen atoms in total. The van der Waals surface area contributed by atoms with Crippen molar-refractivity contribution in [3.05, 3.63) is 24.3 Å². The molecule has 57 heavy (non-hydrogen) atoms. The van der Waals surface area contributed by atoms with Gasteiger partial charge in [-0.15, -0.1) is 0 Å². The number of ketones is 3. The molecule has 0 saturated carbocycles. The monoisotopic (exact) mass is 834 g/mol. The molecule has 2 aliphatic rings. The summed E-state index contributed by atoms with van der Waals surface area (Å²) in [6, 6.07) is -0.668. The molecule has 8 heteroatoms. The lowest BCUT2D eigenvalue weighted by molar-refractivity contribution is -0.145. The highest BCUT2D eigenvalue weighted by molar-refractivity contribution is 8.00. The van der Waals surface area contributed by atoms with Crippen LogP contribution in [0.15, 0.2) is 24.3 Å². The molecule has 0 aromatic carbocycles. The van der Waals surface area contributed by atoms with Crippen LogP contribution in [0.3, 0.4) is 0 Å². The van der Waals surface area contributed by atoms with Gasteiger partial charge in [0.15, 0.2) is 0 Å². The quantitative estimate of drug-likeness (QED) is 0.0497. The number of rotatable bonds is 27. The summed E-state index contributed by atoms with van der Waals surface area (Å²) < 4.78 is 5.47. The molecule has 0 aliphatic heterocycles. The second-order valence-electron chi connectivity index (χ2n) is 19.4. The molecule has 0 amide bonds. The Morgan fingerprint density at radius 1 is 0.772 bits per heavy atom. The van der Waals surface area contributed by atoms with E-state index >= 15 is 0 Å². The SMILES string of the molecule is CCCCCCCCCCCCSC(C)(C)CC(C)=O.CCOC(=O)[C@H](CSC(C)CC(=O)C1C(C)C=CCC1(C)C)NC(C)CC(=O)C1C(C)C=CCC1(C)C. The normalized spacial score (nSPS) is 22.8. The molecule has 330 valence electrons. The summed E-state index contributed by atoms with van der Waals surface area (Å²) in [5.74, 6) is 2.73. The van der Waals surface area contributed by atoms with Gasteiger partial charge >= 0.3 is 5.97 Å². The topological polar surface area (TPSA) is 89.5 Å². The van der Waals surface area contributed by atoms with E-state index in [0.717, 1.165) is 12.8 Å². The number of ether oxygens (including phenoxy) is 1. The number of unbranched alkanes of at least 4 members (excludes halogenated alkanes) is 9. The predicted molar refractivity (Wildman–Crippen MR) is 248 cm³/mol. The van der Waals surface area contributed by atoms with Crippen LogP contribution in [0.2, 0.25) is 0 Å². The van der Waals surface area contributed by atoms with Gasteiger partial charge in [0, 0.05) is 52.9 Å². The van der Waals surface area contributed by atoms with E-state index in [2.05, 4.69) is 98.9 Å². The minimum absolute atomic E-state index is 0.0202. The van der Waals surface area contributed by atoms with Crippen LogP contribution in [0.5, 0.6) is 0 Å². The zero-order chi connectivity index (χ0) is 43.2. The van der Waals surface area contributed by atoms with Crippen molar-refractivity contribution in [3.63, 3.8) is 0 Å². The Kier molecular flexibility index (Phi) is 25.8. The number of hydrogen-bond donors (Lipinski definition) is 1. The molecule has 2 rings (SSSR count). The standard InChI is InChI=1S/C31H51NO4S.C18H36OS/c1-10-36-29(35)24(32-22(4)17-25(33)27-20(2)13-11-15-30(27,6)7)19-37-23(5)18-26(34)28-21(3)14-12-16-31(28,8)9;1-5-6-7-8-9-10-11-12-13-14-15-20-18(3,4)16-17(2)19/h11-14,20-24,27-28,32H,10,15-19H2,1-9H3;5-16H2,1-4H3/t20?,21?,22?,23?,24-,27?,28?;/m0./s1. The number of nitrogens with one attached hydrogen (secondary N) is 1. The van der Waals surface area contributed by atoms with Crippen molar-refractivity contribution in [1.29, 1.82) is 0 Å². The van der Waals surface area contributed by atoms with Crippen molar-refractivity contribution in [2.75, 3.05) is 18.1 Å². The summed E-state index contributed by atoms with van der Waals surface area (Å²) in [6.07, 6.45) is 26.0. The van der Waals surface area contributed by atoms with Gasteiger partial charge in [-0.25, -0.2) is 0 Å². The van der Waals surface area contributed by atoms with Crippen LogP contribution in [0.1, 0.15) is 186 Å². The van der Waals surface area contributed by atoms with Crippen molar-refractivity contribution in [2.24, 2.45) is 34.5 Å². The molecule has 0 saturated heterocycles. The van der Waals surface area contributed by atoms with Crippen molar-refractivity contribution >= 4 is 46.8 Å². The average Bonchev–Trinajstić information content (AvgIpc) is 3.07. The number of carbonyl (C=O) groups excluding carboxylic acids is 4. The van der Waals surface area contributed by atoms with Crippen molar-refractivity contribution in [1.82, 2.24) is 5.32 Å². The Morgan fingerprint density at radius 3 is 1.70 bits per heavy atom. The fourth-order valence-electron chi connectivity index (χ4n) is 9.11. The van der Waals surface area contributed by atoms with Crippen LogP contribution in [-0.4, -0.2) is 63.5 Å². The number of thioether (sulfide) groups is 2. The maximum atomic E-state index is 13.3. The van der Waals surface area contributed by atoms with E-state index in [1.165, 1.54) is 70.0 Å². The van der Waals surface area contributed by atoms with Crippen LogP contribution < -0.4 is 5.32 Å². The number of esters is 1. The van der Waals surface area contributed by atoms with E-state index in [1.807, 2.05) is 18.7 Å². The molecule has 0 fully saturated rings. The molecule has 0 aromatic heterocycles. The first-order chi connectivity index (χ1) is 26.7. The first kappa shape index (κ1) is 53.6. The smallest absolute Gasteiger partial charge is 0.323 e. The Balaban J connectivity index is 0.000000688. The van der Waals surface area contributed by atoms with E-state index in [0.29, 0.717) is 43.2 Å². The summed E-state index contributed by atoms with van der Waals surface area (Å²) in [6.45, 7) is 27.4. The third-order valence-corrected chi connectivity index (χ3v) is 14.5. The molecule has 7 atom stereocenters.